The summed E-state index contributed by atoms with van der Waals surface area (Å²) in [5.41, 5.74) is 4.02. The van der Waals surface area contributed by atoms with Crippen molar-refractivity contribution in [3.05, 3.63) is 174 Å². The first-order chi connectivity index (χ1) is 36.0. The van der Waals surface area contributed by atoms with E-state index in [4.69, 9.17) is 52.4 Å². The zero-order valence-electron chi connectivity index (χ0n) is 43.1. The molecule has 2 aromatic heterocycles. The summed E-state index contributed by atoms with van der Waals surface area (Å²) in [5, 5.41) is 9.60. The van der Waals surface area contributed by atoms with Gasteiger partial charge in [0.2, 0.25) is 0 Å². The molecule has 1 saturated heterocycles. The molecule has 5 aromatic carbocycles. The van der Waals surface area contributed by atoms with E-state index < -0.39 is 38.7 Å². The van der Waals surface area contributed by atoms with Crippen molar-refractivity contribution in [2.75, 3.05) is 46.0 Å². The van der Waals surface area contributed by atoms with Crippen LogP contribution in [0.15, 0.2) is 146 Å². The van der Waals surface area contributed by atoms with E-state index in [0.717, 1.165) is 27.8 Å². The highest BCUT2D eigenvalue weighted by atomic mass is 31.2. The molecule has 7 aromatic rings. The number of carbonyl (C=O) groups excluding carboxylic acids is 1. The molecule has 0 aliphatic carbocycles. The molecule has 0 bridgehead atoms. The Hall–Kier alpha value is -6.80. The molecule has 3 heterocycles. The molecule has 1 fully saturated rings. The normalized spacial score (nSPS) is 17.2. The number of nitrogens with zero attached hydrogens (tertiary/aromatic N) is 7. The zero-order chi connectivity index (χ0) is 52.2. The van der Waals surface area contributed by atoms with E-state index in [0.29, 0.717) is 34.2 Å². The predicted molar refractivity (Wildman–Crippen MR) is 283 cm³/mol. The van der Waals surface area contributed by atoms with Crippen LogP contribution in [-0.2, 0) is 40.2 Å². The van der Waals surface area contributed by atoms with Crippen molar-refractivity contribution in [1.29, 1.82) is 5.26 Å². The third-order valence-electron chi connectivity index (χ3n) is 12.8. The van der Waals surface area contributed by atoms with Gasteiger partial charge in [-0.3, -0.25) is 14.3 Å². The minimum Gasteiger partial charge on any atom is -0.497 e. The minimum atomic E-state index is -1.81. The highest BCUT2D eigenvalue weighted by Crippen LogP contribution is 2.51. The molecule has 0 N–H and O–H groups in total. The van der Waals surface area contributed by atoms with Crippen LogP contribution in [0.1, 0.15) is 68.2 Å². The minimum absolute atomic E-state index is 0.00384. The summed E-state index contributed by atoms with van der Waals surface area (Å²) in [7, 11) is 3.07. The third kappa shape index (κ3) is 11.9. The van der Waals surface area contributed by atoms with E-state index in [1.807, 2.05) is 128 Å². The lowest BCUT2D eigenvalue weighted by molar-refractivity contribution is -0.120. The number of anilines is 1. The van der Waals surface area contributed by atoms with Gasteiger partial charge in [0.15, 0.2) is 29.8 Å². The summed E-state index contributed by atoms with van der Waals surface area (Å²) in [6.45, 7) is 10.4. The Labute approximate surface area is 434 Å². The average Bonchev–Trinajstić information content (AvgIpc) is 4.01. The monoisotopic (exact) mass is 1020 g/mol. The van der Waals surface area contributed by atoms with Gasteiger partial charge in [-0.25, -0.2) is 19.6 Å². The van der Waals surface area contributed by atoms with Crippen molar-refractivity contribution in [2.45, 2.75) is 89.8 Å². The second-order valence-electron chi connectivity index (χ2n) is 18.3. The summed E-state index contributed by atoms with van der Waals surface area (Å²) < 4.78 is 56.1. The molecule has 5 atom stereocenters. The summed E-state index contributed by atoms with van der Waals surface area (Å²) in [5.74, 6) is 1.91. The maximum absolute atomic E-state index is 14.4. The number of amides is 1. The molecular formula is C57H64N7O9P. The molecule has 2 unspecified atom stereocenters. The molecule has 74 heavy (non-hydrogen) atoms. The molecule has 1 aliphatic heterocycles. The summed E-state index contributed by atoms with van der Waals surface area (Å²) in [6, 6.07) is 45.1. The number of methoxy groups -OCH3 is 3. The quantitative estimate of drug-likeness (QED) is 0.0319. The number of fused-ring (bicyclic) bond motifs is 1. The van der Waals surface area contributed by atoms with Crippen LogP contribution in [0.4, 0.5) is 5.82 Å². The van der Waals surface area contributed by atoms with E-state index in [-0.39, 0.29) is 50.8 Å². The number of nitriles is 1. The van der Waals surface area contributed by atoms with Crippen molar-refractivity contribution in [3.63, 3.8) is 0 Å². The fraction of sp³-hybridized carbons (Fsp3) is 0.351. The fourth-order valence-electron chi connectivity index (χ4n) is 9.36. The average molecular weight is 1020 g/mol. The van der Waals surface area contributed by atoms with Crippen LogP contribution in [0.2, 0.25) is 0 Å². The Kier molecular flexibility index (Phi) is 18.0. The van der Waals surface area contributed by atoms with E-state index in [2.05, 4.69) is 38.4 Å². The maximum atomic E-state index is 14.4. The topological polar surface area (TPSA) is 165 Å². The van der Waals surface area contributed by atoms with Gasteiger partial charge in [0.25, 0.3) is 14.4 Å². The molecule has 17 heteroatoms. The molecule has 386 valence electrons. The summed E-state index contributed by atoms with van der Waals surface area (Å²) >= 11 is 0. The molecule has 0 radical (unpaired) electrons. The van der Waals surface area contributed by atoms with Crippen LogP contribution in [-0.4, -0.2) is 102 Å². The van der Waals surface area contributed by atoms with Crippen LogP contribution in [0.3, 0.4) is 0 Å². The highest BCUT2D eigenvalue weighted by Gasteiger charge is 2.51. The van der Waals surface area contributed by atoms with Crippen molar-refractivity contribution >= 4 is 31.4 Å². The number of ether oxygens (including phenoxy) is 6. The third-order valence-corrected chi connectivity index (χ3v) is 14.9. The van der Waals surface area contributed by atoms with E-state index >= 15 is 0 Å². The van der Waals surface area contributed by atoms with Crippen LogP contribution >= 0.6 is 8.53 Å². The smallest absolute Gasteiger partial charge is 0.266 e. The fourth-order valence-corrected chi connectivity index (χ4v) is 11.1. The Morgan fingerprint density at radius 2 is 1.42 bits per heavy atom. The van der Waals surface area contributed by atoms with Gasteiger partial charge in [0.1, 0.15) is 47.5 Å². The number of rotatable bonds is 24. The predicted octanol–water partition coefficient (Wildman–Crippen LogP) is 10.3. The van der Waals surface area contributed by atoms with Crippen molar-refractivity contribution in [1.82, 2.24) is 24.2 Å². The Balaban J connectivity index is 1.23. The first kappa shape index (κ1) is 53.5. The number of aryl methyl sites for hydroxylation is 1. The van der Waals surface area contributed by atoms with Crippen LogP contribution in [0, 0.1) is 18.3 Å². The Morgan fingerprint density at radius 3 is 2.01 bits per heavy atom. The lowest BCUT2D eigenvalue weighted by Crippen LogP contribution is -2.42. The maximum Gasteiger partial charge on any atom is 0.266 e. The second kappa shape index (κ2) is 25.0. The molecule has 1 aliphatic rings. The van der Waals surface area contributed by atoms with E-state index in [1.54, 1.807) is 49.3 Å². The number of hydrogen-bond donors (Lipinski definition) is 0. The van der Waals surface area contributed by atoms with Gasteiger partial charge >= 0.3 is 0 Å². The second-order valence-corrected chi connectivity index (χ2v) is 19.7. The van der Waals surface area contributed by atoms with Crippen LogP contribution in [0.25, 0.3) is 11.2 Å². The standard InChI is InChI=1S/C57H64N7O9P/c1-39(2)64(40(3)4)74(71-32-16-31-58)73-52-49(35-70-57(43-19-11-9-12-20-43,44-23-27-46(66-6)28-24-44)45-25-29-47(67-7)30-26-45)72-56(53(52)68-8)63-38-61-51-54(59-37-60-55(51)63)62(34-42-18-15-17-41(5)33-42)50(65)36-69-48-21-13-10-14-22-48/h9-15,17-30,33,37-40,49,52-53,56H,16,32,34-36H2,1-8H3/t49-,52?,53+,56-,74?/m1/s1. The largest absolute Gasteiger partial charge is 0.497 e. The molecule has 16 nitrogen and oxygen atoms in total. The van der Waals surface area contributed by atoms with Gasteiger partial charge in [-0.2, -0.15) is 5.26 Å². The van der Waals surface area contributed by atoms with Gasteiger partial charge in [0.05, 0.1) is 52.8 Å². The molecule has 0 saturated carbocycles. The first-order valence-electron chi connectivity index (χ1n) is 24.6. The van der Waals surface area contributed by atoms with Crippen molar-refractivity contribution < 1.29 is 42.3 Å². The number of para-hydroxylation sites is 1. The van der Waals surface area contributed by atoms with Crippen molar-refractivity contribution in [3.8, 4) is 23.3 Å². The van der Waals surface area contributed by atoms with Crippen LogP contribution in [0.5, 0.6) is 17.2 Å². The van der Waals surface area contributed by atoms with Gasteiger partial charge < -0.3 is 37.5 Å². The van der Waals surface area contributed by atoms with Crippen molar-refractivity contribution in [2.24, 2.45) is 0 Å². The number of carbonyl (C=O) groups is 1. The molecular weight excluding hydrogens is 958 g/mol. The van der Waals surface area contributed by atoms with E-state index in [1.165, 1.54) is 6.33 Å². The number of aromatic nitrogens is 4. The Bertz CT molecular complexity index is 2880. The van der Waals surface area contributed by atoms with Gasteiger partial charge in [0, 0.05) is 19.2 Å². The van der Waals surface area contributed by atoms with E-state index in [9.17, 15) is 10.1 Å². The molecule has 8 rings (SSSR count). The van der Waals surface area contributed by atoms with Gasteiger partial charge in [-0.05, 0) is 93.3 Å². The molecule has 1 amide bonds. The lowest BCUT2D eigenvalue weighted by Gasteiger charge is -2.39. The Morgan fingerprint density at radius 1 is 0.784 bits per heavy atom. The summed E-state index contributed by atoms with van der Waals surface area (Å²) in [4.78, 5) is 30.3. The molecule has 0 spiro atoms. The number of benzene rings is 5. The van der Waals surface area contributed by atoms with Crippen LogP contribution < -0.4 is 19.1 Å². The summed E-state index contributed by atoms with van der Waals surface area (Å²) in [6.07, 6.45) is -0.134. The number of imidazole rings is 1. The first-order valence-corrected chi connectivity index (χ1v) is 25.8. The highest BCUT2D eigenvalue weighted by molar-refractivity contribution is 7.44. The van der Waals surface area contributed by atoms with Gasteiger partial charge in [-0.15, -0.1) is 0 Å². The zero-order valence-corrected chi connectivity index (χ0v) is 44.0. The SMILES string of the molecule is COc1ccc(C(OC[C@H]2O[C@@H](n3cnc4c(N(Cc5cccc(C)c5)C(=O)COc5ccccc5)ncnc43)[C@@H](OC)C2OP(OCCC#N)N(C(C)C)C(C)C)(c2ccccc2)c2ccc(OC)cc2)cc1. The lowest BCUT2D eigenvalue weighted by atomic mass is 9.80. The van der Waals surface area contributed by atoms with Gasteiger partial charge in [-0.1, -0.05) is 103 Å². The number of hydrogen-bond acceptors (Lipinski definition) is 14.